The van der Waals surface area contributed by atoms with Gasteiger partial charge in [-0.05, 0) is 64.1 Å². The highest BCUT2D eigenvalue weighted by Crippen LogP contribution is 2.38. The molecule has 2 aromatic carbocycles. The van der Waals surface area contributed by atoms with Crippen LogP contribution in [0.5, 0.6) is 11.5 Å². The third-order valence-corrected chi connectivity index (χ3v) is 9.58. The minimum Gasteiger partial charge on any atom is -0.491 e. The Bertz CT molecular complexity index is 2610. The first kappa shape index (κ1) is 39.2. The van der Waals surface area contributed by atoms with Crippen LogP contribution in [0.4, 0.5) is 11.9 Å². The summed E-state index contributed by atoms with van der Waals surface area (Å²) in [6, 6.07) is 9.08. The van der Waals surface area contributed by atoms with Gasteiger partial charge in [-0.2, -0.15) is 10.2 Å². The van der Waals surface area contributed by atoms with E-state index in [-0.39, 0.29) is 42.8 Å². The molecule has 0 aliphatic carbocycles. The van der Waals surface area contributed by atoms with E-state index in [9.17, 15) is 19.2 Å². The number of hydrogen-bond acceptors (Lipinski definition) is 11. The Labute approximate surface area is 331 Å². The van der Waals surface area contributed by atoms with Gasteiger partial charge in [-0.1, -0.05) is 12.2 Å². The summed E-state index contributed by atoms with van der Waals surface area (Å²) in [5.74, 6) is -1.06. The summed E-state index contributed by atoms with van der Waals surface area (Å²) < 4.78 is 24.3. The van der Waals surface area contributed by atoms with Crippen molar-refractivity contribution in [1.29, 1.82) is 0 Å². The molecule has 5 heterocycles. The van der Waals surface area contributed by atoms with Crippen LogP contribution >= 0.6 is 0 Å². The van der Waals surface area contributed by atoms with Crippen LogP contribution in [-0.2, 0) is 24.4 Å². The summed E-state index contributed by atoms with van der Waals surface area (Å²) in [5, 5.41) is 14.7. The van der Waals surface area contributed by atoms with Crippen molar-refractivity contribution in [3.8, 4) is 11.5 Å². The number of benzene rings is 2. The smallest absolute Gasteiger partial charge is 0.276 e. The van der Waals surface area contributed by atoms with Crippen molar-refractivity contribution < 1.29 is 33.4 Å². The normalized spacial score (nSPS) is 13.6. The highest BCUT2D eigenvalue weighted by molar-refractivity contribution is 6.05. The van der Waals surface area contributed by atoms with Crippen LogP contribution in [-0.4, -0.2) is 89.2 Å². The second-order valence-corrected chi connectivity index (χ2v) is 13.6. The van der Waals surface area contributed by atoms with Crippen molar-refractivity contribution in [2.24, 2.45) is 11.5 Å². The number of amides is 4. The van der Waals surface area contributed by atoms with Gasteiger partial charge in [0.05, 0.1) is 35.1 Å². The van der Waals surface area contributed by atoms with E-state index in [1.807, 2.05) is 30.6 Å². The van der Waals surface area contributed by atoms with E-state index in [1.54, 1.807) is 71.3 Å². The van der Waals surface area contributed by atoms with Crippen molar-refractivity contribution in [2.45, 2.75) is 59.8 Å². The molecule has 4 amide bonds. The van der Waals surface area contributed by atoms with Gasteiger partial charge >= 0.3 is 0 Å². The molecule has 4 aromatic heterocycles. The molecular weight excluding hydrogens is 749 g/mol. The van der Waals surface area contributed by atoms with Crippen molar-refractivity contribution >= 4 is 57.6 Å². The van der Waals surface area contributed by atoms with Gasteiger partial charge in [-0.25, -0.2) is 9.97 Å². The van der Waals surface area contributed by atoms with Crippen molar-refractivity contribution in [1.82, 2.24) is 38.7 Å². The number of carbonyl (C=O) groups is 4. The predicted octanol–water partition coefficient (Wildman–Crippen LogP) is 3.74. The molecule has 0 fully saturated rings. The molecule has 6 aromatic rings. The van der Waals surface area contributed by atoms with Gasteiger partial charge in [0.2, 0.25) is 23.7 Å². The topological polar surface area (TPSA) is 243 Å². The molecule has 0 spiro atoms. The Balaban J connectivity index is 1.29. The number of aryl methyl sites for hydroxylation is 4. The number of hydrogen-bond donors (Lipinski definition) is 4. The summed E-state index contributed by atoms with van der Waals surface area (Å²) in [6.45, 7) is 9.32. The molecule has 1 aliphatic heterocycles. The van der Waals surface area contributed by atoms with E-state index in [0.29, 0.717) is 82.5 Å². The summed E-state index contributed by atoms with van der Waals surface area (Å²) in [6.07, 6.45) is 4.31. The zero-order valence-electron chi connectivity index (χ0n) is 32.7. The number of carbonyl (C=O) groups excluding carboxylic acids is 4. The number of nitrogens with zero attached hydrogens (tertiary/aromatic N) is 8. The van der Waals surface area contributed by atoms with Gasteiger partial charge in [0.25, 0.3) is 11.8 Å². The zero-order valence-corrected chi connectivity index (χ0v) is 32.7. The number of fused-ring (bicyclic) bond motifs is 1. The third-order valence-electron chi connectivity index (χ3n) is 9.58. The number of allylic oxidation sites excluding steroid dienone is 1. The lowest BCUT2D eigenvalue weighted by Crippen LogP contribution is -2.25. The number of imidazole rings is 2. The minimum absolute atomic E-state index is 0.108. The van der Waals surface area contributed by atoms with Gasteiger partial charge in [-0.15, -0.1) is 0 Å². The number of anilines is 2. The Kier molecular flexibility index (Phi) is 11.0. The first-order valence-electron chi connectivity index (χ1n) is 18.7. The second-order valence-electron chi connectivity index (χ2n) is 13.6. The minimum atomic E-state index is -0.671. The van der Waals surface area contributed by atoms with E-state index >= 15 is 0 Å². The van der Waals surface area contributed by atoms with Crippen LogP contribution in [0, 0.1) is 13.8 Å². The Morgan fingerprint density at radius 3 is 2.02 bits per heavy atom. The fourth-order valence-corrected chi connectivity index (χ4v) is 6.98. The van der Waals surface area contributed by atoms with Gasteiger partial charge in [0.1, 0.15) is 40.5 Å². The maximum Gasteiger partial charge on any atom is 0.276 e. The van der Waals surface area contributed by atoms with Gasteiger partial charge in [-0.3, -0.25) is 43.7 Å². The molecule has 1 atom stereocenters. The molecule has 19 heteroatoms. The zero-order chi connectivity index (χ0) is 41.2. The summed E-state index contributed by atoms with van der Waals surface area (Å²) in [7, 11) is 1.59. The maximum absolute atomic E-state index is 13.7. The summed E-state index contributed by atoms with van der Waals surface area (Å²) >= 11 is 0. The largest absolute Gasteiger partial charge is 0.491 e. The van der Waals surface area contributed by atoms with E-state index < -0.39 is 29.7 Å². The molecular formula is C39H44N12O7. The number of ether oxygens (including phenoxy) is 3. The lowest BCUT2D eigenvalue weighted by atomic mass is 10.1. The Morgan fingerprint density at radius 1 is 0.828 bits per heavy atom. The van der Waals surface area contributed by atoms with Crippen molar-refractivity contribution in [2.75, 3.05) is 37.6 Å². The lowest BCUT2D eigenvalue weighted by Gasteiger charge is -2.25. The number of aromatic nitrogens is 8. The van der Waals surface area contributed by atoms with Crippen molar-refractivity contribution in [3.63, 3.8) is 0 Å². The molecule has 0 saturated heterocycles. The van der Waals surface area contributed by atoms with Crippen LogP contribution in [0.25, 0.3) is 22.1 Å². The average molecular weight is 793 g/mol. The maximum atomic E-state index is 13.7. The number of primary amides is 2. The van der Waals surface area contributed by atoms with Crippen molar-refractivity contribution in [3.05, 3.63) is 82.5 Å². The van der Waals surface area contributed by atoms with E-state index in [1.165, 1.54) is 0 Å². The molecule has 6 N–H and O–H groups in total. The standard InChI is InChI=1S/C39H44N12O7/c1-6-49-28(14-21(3)46-49)36(54)44-38-42-26-16-23(34(40)52)18-30(57-13-9-12-56-5)32(26)48(38)11-8-10-25-20-58-31-19-24(35(41)53)17-27-33(31)51(25)39(43-27)45-37(55)29-15-22(4)47-50(29)7-2/h8,10,14-19,25H,6-7,9,11-13,20H2,1-5H3,(H2,40,52)(H2,41,53)(H,42,44,54)(H,43,45,55)/b10-8+/t25-/m0/s1. The number of nitrogens with one attached hydrogen (secondary N) is 2. The number of rotatable bonds is 16. The summed E-state index contributed by atoms with van der Waals surface area (Å²) in [4.78, 5) is 61.5. The SMILES string of the molecule is CCn1nc(C)cc1C(=O)Nc1nc2cc(C(N)=O)cc(OCCCOC)c2n1C/C=C/[C@H]1COc2cc(C(N)=O)cc3nc(NC(=O)c4cc(C)nn4CC)n1c23. The van der Waals surface area contributed by atoms with Gasteiger partial charge in [0, 0.05) is 50.9 Å². The molecule has 19 nitrogen and oxygen atoms in total. The molecule has 7 rings (SSSR count). The van der Waals surface area contributed by atoms with E-state index in [2.05, 4.69) is 20.8 Å². The molecule has 0 saturated carbocycles. The Hall–Kier alpha value is -7.02. The monoisotopic (exact) mass is 792 g/mol. The van der Waals surface area contributed by atoms with E-state index in [0.717, 1.165) is 0 Å². The third kappa shape index (κ3) is 7.58. The van der Waals surface area contributed by atoms with Gasteiger partial charge < -0.3 is 30.2 Å². The number of nitrogens with two attached hydrogens (primary N) is 2. The molecule has 0 unspecified atom stereocenters. The van der Waals surface area contributed by atoms with Crippen LogP contribution in [0.2, 0.25) is 0 Å². The molecule has 0 bridgehead atoms. The average Bonchev–Trinajstić information content (AvgIpc) is 3.97. The fraction of sp³-hybridized carbons (Fsp3) is 0.333. The highest BCUT2D eigenvalue weighted by Gasteiger charge is 2.29. The Morgan fingerprint density at radius 2 is 1.41 bits per heavy atom. The van der Waals surface area contributed by atoms with Crippen LogP contribution in [0.1, 0.15) is 79.4 Å². The lowest BCUT2D eigenvalue weighted by molar-refractivity contribution is 0.0991. The second kappa shape index (κ2) is 16.2. The van der Waals surface area contributed by atoms with Gasteiger partial charge in [0.15, 0.2) is 0 Å². The number of methoxy groups -OCH3 is 1. The van der Waals surface area contributed by atoms with Crippen LogP contribution in [0.3, 0.4) is 0 Å². The molecule has 302 valence electrons. The molecule has 0 radical (unpaired) electrons. The first-order chi connectivity index (χ1) is 27.9. The fourth-order valence-electron chi connectivity index (χ4n) is 6.98. The quantitative estimate of drug-likeness (QED) is 0.0813. The predicted molar refractivity (Wildman–Crippen MR) is 213 cm³/mol. The van der Waals surface area contributed by atoms with E-state index in [4.69, 9.17) is 35.6 Å². The highest BCUT2D eigenvalue weighted by atomic mass is 16.5. The summed E-state index contributed by atoms with van der Waals surface area (Å²) in [5.41, 5.74) is 15.6. The first-order valence-corrected chi connectivity index (χ1v) is 18.7. The van der Waals surface area contributed by atoms with Crippen LogP contribution in [0.15, 0.2) is 48.6 Å². The molecule has 58 heavy (non-hydrogen) atoms. The molecule has 1 aliphatic rings. The van der Waals surface area contributed by atoms with Crippen LogP contribution < -0.4 is 31.6 Å².